The second-order valence-corrected chi connectivity index (χ2v) is 7.77. The Labute approximate surface area is 173 Å². The fourth-order valence-electron chi connectivity index (χ4n) is 3.76. The third-order valence-electron chi connectivity index (χ3n) is 5.10. The number of ether oxygens (including phenoxy) is 1. The molecule has 0 saturated carbocycles. The first-order valence-electron chi connectivity index (χ1n) is 9.43. The van der Waals surface area contributed by atoms with Gasteiger partial charge in [0.05, 0.1) is 18.9 Å². The van der Waals surface area contributed by atoms with E-state index in [1.165, 1.54) is 4.90 Å². The molecule has 3 rings (SSSR count). The van der Waals surface area contributed by atoms with Gasteiger partial charge in [-0.3, -0.25) is 9.59 Å². The van der Waals surface area contributed by atoms with Gasteiger partial charge in [0, 0.05) is 16.9 Å². The van der Waals surface area contributed by atoms with Gasteiger partial charge in [0.15, 0.2) is 0 Å². The van der Waals surface area contributed by atoms with Gasteiger partial charge in [0.2, 0.25) is 5.91 Å². The van der Waals surface area contributed by atoms with Crippen LogP contribution in [0.1, 0.15) is 36.8 Å². The first kappa shape index (κ1) is 20.6. The number of carbonyl (C=O) groups excluding carboxylic acids is 2. The number of rotatable bonds is 6. The summed E-state index contributed by atoms with van der Waals surface area (Å²) in [6, 6.07) is 17.2. The highest BCUT2D eigenvalue weighted by Crippen LogP contribution is 2.41. The van der Waals surface area contributed by atoms with Crippen LogP contribution in [0.5, 0.6) is 0 Å². The molecule has 1 heterocycles. The minimum absolute atomic E-state index is 0.00329. The summed E-state index contributed by atoms with van der Waals surface area (Å²) in [6.45, 7) is 2.33. The molecule has 28 heavy (non-hydrogen) atoms. The van der Waals surface area contributed by atoms with Gasteiger partial charge in [-0.2, -0.15) is 0 Å². The Kier molecular flexibility index (Phi) is 6.86. The second-order valence-electron chi connectivity index (χ2n) is 6.91. The van der Waals surface area contributed by atoms with Crippen molar-refractivity contribution in [2.45, 2.75) is 38.5 Å². The SMILES string of the molecule is CCOC(=O)C[C@@H]1C(=O)N(Cc2ccccc2)C(O)C[C@H]1c1ccccc1Br. The molecule has 1 unspecified atom stereocenters. The number of hydrogen-bond donors (Lipinski definition) is 1. The zero-order valence-corrected chi connectivity index (χ0v) is 17.3. The molecule has 0 aromatic heterocycles. The number of esters is 1. The van der Waals surface area contributed by atoms with Crippen molar-refractivity contribution in [1.82, 2.24) is 4.90 Å². The normalized spacial score (nSPS) is 22.2. The van der Waals surface area contributed by atoms with Gasteiger partial charge in [0.25, 0.3) is 0 Å². The predicted molar refractivity (Wildman–Crippen MR) is 109 cm³/mol. The van der Waals surface area contributed by atoms with Crippen LogP contribution in [0.4, 0.5) is 0 Å². The summed E-state index contributed by atoms with van der Waals surface area (Å²) in [5.41, 5.74) is 1.85. The number of piperidine rings is 1. The lowest BCUT2D eigenvalue weighted by Gasteiger charge is -2.41. The zero-order valence-electron chi connectivity index (χ0n) is 15.8. The monoisotopic (exact) mass is 445 g/mol. The van der Waals surface area contributed by atoms with Crippen molar-refractivity contribution < 1.29 is 19.4 Å². The van der Waals surface area contributed by atoms with Gasteiger partial charge in [-0.05, 0) is 30.5 Å². The van der Waals surface area contributed by atoms with E-state index in [-0.39, 0.29) is 24.9 Å². The molecule has 0 spiro atoms. The third-order valence-corrected chi connectivity index (χ3v) is 5.83. The largest absolute Gasteiger partial charge is 0.466 e. The number of halogens is 1. The molecule has 0 bridgehead atoms. The predicted octanol–water partition coefficient (Wildman–Crippen LogP) is 3.85. The number of nitrogens with zero attached hydrogens (tertiary/aromatic N) is 1. The molecular formula is C22H24BrNO4. The maximum Gasteiger partial charge on any atom is 0.306 e. The molecule has 1 saturated heterocycles. The van der Waals surface area contributed by atoms with Crippen LogP contribution in [0.2, 0.25) is 0 Å². The highest BCUT2D eigenvalue weighted by Gasteiger charge is 2.43. The van der Waals surface area contributed by atoms with Crippen LogP contribution >= 0.6 is 15.9 Å². The van der Waals surface area contributed by atoms with E-state index in [1.807, 2.05) is 54.6 Å². The molecule has 2 aromatic rings. The van der Waals surface area contributed by atoms with Crippen molar-refractivity contribution in [3.05, 3.63) is 70.2 Å². The lowest BCUT2D eigenvalue weighted by Crippen LogP contribution is -2.51. The molecule has 6 heteroatoms. The van der Waals surface area contributed by atoms with Crippen molar-refractivity contribution in [1.29, 1.82) is 0 Å². The Balaban J connectivity index is 1.90. The van der Waals surface area contributed by atoms with Gasteiger partial charge in [-0.1, -0.05) is 64.5 Å². The van der Waals surface area contributed by atoms with Crippen molar-refractivity contribution in [2.75, 3.05) is 6.61 Å². The van der Waals surface area contributed by atoms with E-state index in [1.54, 1.807) is 6.92 Å². The molecule has 0 radical (unpaired) electrons. The standard InChI is InChI=1S/C22H24BrNO4/c1-2-28-21(26)13-18-17(16-10-6-7-11-19(16)23)12-20(25)24(22(18)27)14-15-8-4-3-5-9-15/h3-11,17-18,20,25H,2,12-14H2,1H3/t17-,18-,20?/m0/s1. The van der Waals surface area contributed by atoms with Gasteiger partial charge in [-0.15, -0.1) is 0 Å². The summed E-state index contributed by atoms with van der Waals surface area (Å²) in [5.74, 6) is -1.47. The van der Waals surface area contributed by atoms with E-state index in [0.29, 0.717) is 13.0 Å². The molecule has 1 fully saturated rings. The van der Waals surface area contributed by atoms with Gasteiger partial charge >= 0.3 is 5.97 Å². The van der Waals surface area contributed by atoms with Crippen molar-refractivity contribution in [2.24, 2.45) is 5.92 Å². The maximum atomic E-state index is 13.3. The van der Waals surface area contributed by atoms with Crippen LogP contribution in [-0.4, -0.2) is 34.7 Å². The van der Waals surface area contributed by atoms with Crippen molar-refractivity contribution >= 4 is 27.8 Å². The minimum atomic E-state index is -0.914. The number of carbonyl (C=O) groups is 2. The Bertz CT molecular complexity index is 826. The van der Waals surface area contributed by atoms with Gasteiger partial charge in [-0.25, -0.2) is 0 Å². The molecule has 1 aliphatic heterocycles. The van der Waals surface area contributed by atoms with Crippen LogP contribution in [0.15, 0.2) is 59.1 Å². The molecule has 0 aliphatic carbocycles. The molecule has 2 aromatic carbocycles. The number of aliphatic hydroxyl groups excluding tert-OH is 1. The van der Waals surface area contributed by atoms with Gasteiger partial charge < -0.3 is 14.7 Å². The summed E-state index contributed by atoms with van der Waals surface area (Å²) in [7, 11) is 0. The lowest BCUT2D eigenvalue weighted by molar-refractivity contribution is -0.161. The zero-order chi connectivity index (χ0) is 20.1. The summed E-state index contributed by atoms with van der Waals surface area (Å²) >= 11 is 3.54. The fraction of sp³-hybridized carbons (Fsp3) is 0.364. The first-order valence-corrected chi connectivity index (χ1v) is 10.2. The number of hydrogen-bond acceptors (Lipinski definition) is 4. The second kappa shape index (κ2) is 9.34. The quantitative estimate of drug-likeness (QED) is 0.685. The number of likely N-dealkylation sites (tertiary alicyclic amines) is 1. The highest BCUT2D eigenvalue weighted by atomic mass is 79.9. The molecule has 1 aliphatic rings. The van der Waals surface area contributed by atoms with Crippen LogP contribution in [0.25, 0.3) is 0 Å². The van der Waals surface area contributed by atoms with E-state index >= 15 is 0 Å². The lowest BCUT2D eigenvalue weighted by atomic mass is 9.77. The van der Waals surface area contributed by atoms with E-state index in [0.717, 1.165) is 15.6 Å². The van der Waals surface area contributed by atoms with Crippen LogP contribution in [0.3, 0.4) is 0 Å². The summed E-state index contributed by atoms with van der Waals surface area (Å²) in [5, 5.41) is 10.8. The number of aliphatic hydroxyl groups is 1. The number of benzene rings is 2. The number of amides is 1. The van der Waals surface area contributed by atoms with Crippen LogP contribution in [-0.2, 0) is 20.9 Å². The highest BCUT2D eigenvalue weighted by molar-refractivity contribution is 9.10. The topological polar surface area (TPSA) is 66.8 Å². The van der Waals surface area contributed by atoms with Crippen LogP contribution < -0.4 is 0 Å². The molecule has 1 N–H and O–H groups in total. The molecule has 5 nitrogen and oxygen atoms in total. The Hall–Kier alpha value is -2.18. The van der Waals surface area contributed by atoms with E-state index < -0.39 is 18.1 Å². The van der Waals surface area contributed by atoms with Crippen molar-refractivity contribution in [3.8, 4) is 0 Å². The molecule has 148 valence electrons. The minimum Gasteiger partial charge on any atom is -0.466 e. The van der Waals surface area contributed by atoms with Crippen molar-refractivity contribution in [3.63, 3.8) is 0 Å². The Morgan fingerprint density at radius 3 is 2.54 bits per heavy atom. The smallest absolute Gasteiger partial charge is 0.306 e. The molecule has 1 amide bonds. The van der Waals surface area contributed by atoms with E-state index in [4.69, 9.17) is 4.74 Å². The van der Waals surface area contributed by atoms with Gasteiger partial charge in [0.1, 0.15) is 6.23 Å². The summed E-state index contributed by atoms with van der Waals surface area (Å²) < 4.78 is 5.97. The maximum absolute atomic E-state index is 13.3. The average Bonchev–Trinajstić information content (AvgIpc) is 2.69. The summed E-state index contributed by atoms with van der Waals surface area (Å²) in [6.07, 6.45) is -0.551. The van der Waals surface area contributed by atoms with E-state index in [2.05, 4.69) is 15.9 Å². The Morgan fingerprint density at radius 2 is 1.86 bits per heavy atom. The van der Waals surface area contributed by atoms with Crippen LogP contribution in [0, 0.1) is 5.92 Å². The molecular weight excluding hydrogens is 422 g/mol. The molecule has 3 atom stereocenters. The third kappa shape index (κ3) is 4.62. The summed E-state index contributed by atoms with van der Waals surface area (Å²) in [4.78, 5) is 27.0. The Morgan fingerprint density at radius 1 is 1.18 bits per heavy atom. The fourth-order valence-corrected chi connectivity index (χ4v) is 4.34. The van der Waals surface area contributed by atoms with E-state index in [9.17, 15) is 14.7 Å². The first-order chi connectivity index (χ1) is 13.5. The average molecular weight is 446 g/mol.